The molecule has 0 bridgehead atoms. The van der Waals surface area contributed by atoms with Gasteiger partial charge in [-0.15, -0.1) is 0 Å². The number of rotatable bonds is 5. The summed E-state index contributed by atoms with van der Waals surface area (Å²) in [5.41, 5.74) is 3.42. The first kappa shape index (κ1) is 12.2. The third kappa shape index (κ3) is 2.61. The molecule has 1 saturated carbocycles. The van der Waals surface area contributed by atoms with Gasteiger partial charge in [0.1, 0.15) is 5.82 Å². The lowest BCUT2D eigenvalue weighted by atomic mass is 9.83. The number of nitrogens with one attached hydrogen (secondary N) is 2. The van der Waals surface area contributed by atoms with Gasteiger partial charge in [0.05, 0.1) is 5.52 Å². The Morgan fingerprint density at radius 2 is 2.05 bits per heavy atom. The van der Waals surface area contributed by atoms with Gasteiger partial charge in [0.15, 0.2) is 0 Å². The number of hydrogen-bond donors (Lipinski definition) is 3. The maximum atomic E-state index is 5.41. The van der Waals surface area contributed by atoms with E-state index < -0.39 is 0 Å². The fraction of sp³-hybridized carbons (Fsp3) is 0.429. The zero-order valence-corrected chi connectivity index (χ0v) is 10.9. The fourth-order valence-electron chi connectivity index (χ4n) is 2.45. The van der Waals surface area contributed by atoms with E-state index in [9.17, 15) is 0 Å². The molecule has 0 unspecified atom stereocenters. The van der Waals surface area contributed by atoms with Crippen LogP contribution in [0, 0.1) is 5.92 Å². The minimum atomic E-state index is 0.449. The minimum absolute atomic E-state index is 0.449. The van der Waals surface area contributed by atoms with Crippen molar-refractivity contribution in [3.8, 4) is 0 Å². The molecule has 1 aliphatic carbocycles. The quantitative estimate of drug-likeness (QED) is 0.567. The van der Waals surface area contributed by atoms with Crippen LogP contribution in [0.3, 0.4) is 0 Å². The Bertz CT molecular complexity index is 565. The molecule has 1 heterocycles. The minimum Gasteiger partial charge on any atom is -0.369 e. The number of nitrogen functional groups attached to an aromatic ring is 1. The molecule has 0 spiro atoms. The molecule has 1 aliphatic rings. The van der Waals surface area contributed by atoms with Gasteiger partial charge in [-0.3, -0.25) is 5.43 Å². The van der Waals surface area contributed by atoms with E-state index in [0.29, 0.717) is 5.95 Å². The second-order valence-corrected chi connectivity index (χ2v) is 5.07. The van der Waals surface area contributed by atoms with Gasteiger partial charge < -0.3 is 5.32 Å². The molecule has 19 heavy (non-hydrogen) atoms. The molecular formula is C14H19N5. The maximum absolute atomic E-state index is 5.41. The highest BCUT2D eigenvalue weighted by Crippen LogP contribution is 2.29. The summed E-state index contributed by atoms with van der Waals surface area (Å²) in [5, 5.41) is 4.45. The Morgan fingerprint density at radius 1 is 1.21 bits per heavy atom. The van der Waals surface area contributed by atoms with E-state index in [4.69, 9.17) is 5.84 Å². The average Bonchev–Trinajstić information content (AvgIpc) is 2.41. The Hall–Kier alpha value is -1.88. The van der Waals surface area contributed by atoms with Crippen molar-refractivity contribution in [2.24, 2.45) is 11.8 Å². The van der Waals surface area contributed by atoms with E-state index in [1.165, 1.54) is 25.7 Å². The second-order valence-electron chi connectivity index (χ2n) is 5.07. The Kier molecular flexibility index (Phi) is 3.46. The highest BCUT2D eigenvalue weighted by molar-refractivity contribution is 5.89. The molecule has 100 valence electrons. The van der Waals surface area contributed by atoms with Gasteiger partial charge in [-0.1, -0.05) is 31.4 Å². The van der Waals surface area contributed by atoms with Crippen molar-refractivity contribution in [1.29, 1.82) is 0 Å². The van der Waals surface area contributed by atoms with Crippen LogP contribution in [0.15, 0.2) is 24.3 Å². The van der Waals surface area contributed by atoms with Crippen LogP contribution in [0.5, 0.6) is 0 Å². The molecule has 2 aromatic rings. The van der Waals surface area contributed by atoms with Gasteiger partial charge >= 0.3 is 0 Å². The number of benzene rings is 1. The predicted octanol–water partition coefficient (Wildman–Crippen LogP) is 2.52. The molecule has 0 saturated heterocycles. The number of nitrogens with zero attached hydrogens (tertiary/aromatic N) is 2. The van der Waals surface area contributed by atoms with Crippen LogP contribution in [0.4, 0.5) is 11.8 Å². The van der Waals surface area contributed by atoms with Crippen LogP contribution in [0.2, 0.25) is 0 Å². The van der Waals surface area contributed by atoms with Crippen LogP contribution in [0.1, 0.15) is 25.7 Å². The van der Waals surface area contributed by atoms with Gasteiger partial charge in [-0.05, 0) is 24.5 Å². The standard InChI is InChI=1S/C14H19N5/c15-19-14-17-12-7-2-1-6-11(12)13(18-14)16-9-8-10-4-3-5-10/h1-2,6-7,10H,3-5,8-9,15H2,(H2,16,17,18,19). The third-order valence-electron chi connectivity index (χ3n) is 3.80. The Morgan fingerprint density at radius 3 is 2.79 bits per heavy atom. The average molecular weight is 257 g/mol. The van der Waals surface area contributed by atoms with Gasteiger partial charge in [0.2, 0.25) is 5.95 Å². The van der Waals surface area contributed by atoms with E-state index in [-0.39, 0.29) is 0 Å². The molecule has 0 radical (unpaired) electrons. The molecule has 3 rings (SSSR count). The van der Waals surface area contributed by atoms with Gasteiger partial charge in [-0.2, -0.15) is 4.98 Å². The predicted molar refractivity (Wildman–Crippen MR) is 77.8 cm³/mol. The summed E-state index contributed by atoms with van der Waals surface area (Å²) >= 11 is 0. The summed E-state index contributed by atoms with van der Waals surface area (Å²) in [6.45, 7) is 0.954. The molecule has 1 fully saturated rings. The first-order valence-electron chi connectivity index (χ1n) is 6.84. The van der Waals surface area contributed by atoms with Crippen molar-refractivity contribution < 1.29 is 0 Å². The van der Waals surface area contributed by atoms with E-state index in [1.807, 2.05) is 24.3 Å². The van der Waals surface area contributed by atoms with Crippen LogP contribution < -0.4 is 16.6 Å². The van der Waals surface area contributed by atoms with Crippen LogP contribution >= 0.6 is 0 Å². The van der Waals surface area contributed by atoms with Gasteiger partial charge in [-0.25, -0.2) is 10.8 Å². The van der Waals surface area contributed by atoms with E-state index in [2.05, 4.69) is 20.7 Å². The van der Waals surface area contributed by atoms with Gasteiger partial charge in [0, 0.05) is 11.9 Å². The smallest absolute Gasteiger partial charge is 0.239 e. The summed E-state index contributed by atoms with van der Waals surface area (Å²) in [6.07, 6.45) is 5.36. The first-order chi connectivity index (χ1) is 9.36. The van der Waals surface area contributed by atoms with Crippen molar-refractivity contribution in [3.05, 3.63) is 24.3 Å². The monoisotopic (exact) mass is 257 g/mol. The van der Waals surface area contributed by atoms with E-state index >= 15 is 0 Å². The van der Waals surface area contributed by atoms with Gasteiger partial charge in [0.25, 0.3) is 0 Å². The molecule has 1 aromatic heterocycles. The molecule has 5 heteroatoms. The van der Waals surface area contributed by atoms with Crippen molar-refractivity contribution in [3.63, 3.8) is 0 Å². The number of nitrogens with two attached hydrogens (primary N) is 1. The van der Waals surface area contributed by atoms with Crippen molar-refractivity contribution in [2.75, 3.05) is 17.3 Å². The van der Waals surface area contributed by atoms with E-state index in [1.54, 1.807) is 0 Å². The lowest BCUT2D eigenvalue weighted by Gasteiger charge is -2.25. The zero-order chi connectivity index (χ0) is 13.1. The summed E-state index contributed by atoms with van der Waals surface area (Å²) in [4.78, 5) is 8.74. The molecule has 0 atom stereocenters. The summed E-state index contributed by atoms with van der Waals surface area (Å²) < 4.78 is 0. The third-order valence-corrected chi connectivity index (χ3v) is 3.80. The highest BCUT2D eigenvalue weighted by atomic mass is 15.3. The summed E-state index contributed by atoms with van der Waals surface area (Å²) in [6, 6.07) is 7.96. The zero-order valence-electron chi connectivity index (χ0n) is 10.9. The second kappa shape index (κ2) is 5.40. The fourth-order valence-corrected chi connectivity index (χ4v) is 2.45. The SMILES string of the molecule is NNc1nc(NCCC2CCC2)c2ccccc2n1. The van der Waals surface area contributed by atoms with Crippen LogP contribution in [-0.2, 0) is 0 Å². The molecular weight excluding hydrogens is 238 g/mol. The van der Waals surface area contributed by atoms with Crippen LogP contribution in [0.25, 0.3) is 10.9 Å². The number of anilines is 2. The van der Waals surface area contributed by atoms with Crippen molar-refractivity contribution >= 4 is 22.7 Å². The normalized spacial score (nSPS) is 15.2. The molecule has 1 aromatic carbocycles. The highest BCUT2D eigenvalue weighted by Gasteiger charge is 2.16. The lowest BCUT2D eigenvalue weighted by Crippen LogP contribution is -2.17. The molecule has 5 nitrogen and oxygen atoms in total. The summed E-state index contributed by atoms with van der Waals surface area (Å²) in [5.74, 6) is 7.62. The Labute approximate surface area is 112 Å². The molecule has 4 N–H and O–H groups in total. The van der Waals surface area contributed by atoms with Crippen LogP contribution in [-0.4, -0.2) is 16.5 Å². The number of aromatic nitrogens is 2. The van der Waals surface area contributed by atoms with Crippen molar-refractivity contribution in [2.45, 2.75) is 25.7 Å². The number of fused-ring (bicyclic) bond motifs is 1. The lowest BCUT2D eigenvalue weighted by molar-refractivity contribution is 0.303. The topological polar surface area (TPSA) is 75.9 Å². The number of hydrogen-bond acceptors (Lipinski definition) is 5. The van der Waals surface area contributed by atoms with Crippen molar-refractivity contribution in [1.82, 2.24) is 9.97 Å². The first-order valence-corrected chi connectivity index (χ1v) is 6.84. The molecule has 0 aliphatic heterocycles. The Balaban J connectivity index is 1.79. The maximum Gasteiger partial charge on any atom is 0.239 e. The molecule has 0 amide bonds. The number of para-hydroxylation sites is 1. The largest absolute Gasteiger partial charge is 0.369 e. The number of hydrazine groups is 1. The summed E-state index contributed by atoms with van der Waals surface area (Å²) in [7, 11) is 0. The van der Waals surface area contributed by atoms with E-state index in [0.717, 1.165) is 29.2 Å².